The van der Waals surface area contributed by atoms with Crippen molar-refractivity contribution in [2.45, 2.75) is 27.2 Å². The predicted molar refractivity (Wildman–Crippen MR) is 73.8 cm³/mol. The van der Waals surface area contributed by atoms with Crippen LogP contribution in [0.2, 0.25) is 0 Å². The zero-order chi connectivity index (χ0) is 13.1. The fourth-order valence-corrected chi connectivity index (χ4v) is 2.05. The summed E-state index contributed by atoms with van der Waals surface area (Å²) >= 11 is 0. The van der Waals surface area contributed by atoms with Crippen LogP contribution in [0.4, 0.5) is 5.69 Å². The lowest BCUT2D eigenvalue weighted by atomic mass is 10.1. The van der Waals surface area contributed by atoms with Crippen LogP contribution in [0, 0.1) is 20.8 Å². The molecular formula is C15H18N2O. The lowest BCUT2D eigenvalue weighted by molar-refractivity contribution is -0.115. The highest BCUT2D eigenvalue weighted by molar-refractivity contribution is 5.93. The molecule has 0 unspecified atom stereocenters. The minimum Gasteiger partial charge on any atom is -0.365 e. The van der Waals surface area contributed by atoms with E-state index in [9.17, 15) is 4.79 Å². The first-order valence-corrected chi connectivity index (χ1v) is 6.06. The summed E-state index contributed by atoms with van der Waals surface area (Å²) in [5.74, 6) is 0.0198. The number of aromatic amines is 1. The molecule has 0 aliphatic rings. The molecule has 1 aromatic heterocycles. The van der Waals surface area contributed by atoms with Crippen molar-refractivity contribution in [3.63, 3.8) is 0 Å². The van der Waals surface area contributed by atoms with Gasteiger partial charge in [-0.25, -0.2) is 0 Å². The van der Waals surface area contributed by atoms with Crippen molar-refractivity contribution >= 4 is 11.6 Å². The van der Waals surface area contributed by atoms with E-state index in [4.69, 9.17) is 0 Å². The van der Waals surface area contributed by atoms with Gasteiger partial charge in [-0.1, -0.05) is 18.2 Å². The van der Waals surface area contributed by atoms with Crippen LogP contribution in [0.15, 0.2) is 30.5 Å². The van der Waals surface area contributed by atoms with E-state index < -0.39 is 0 Å². The molecule has 0 saturated heterocycles. The van der Waals surface area contributed by atoms with Gasteiger partial charge in [-0.2, -0.15) is 0 Å². The van der Waals surface area contributed by atoms with Gasteiger partial charge in [-0.15, -0.1) is 0 Å². The first-order chi connectivity index (χ1) is 8.56. The number of nitrogens with one attached hydrogen (secondary N) is 2. The molecular weight excluding hydrogens is 224 g/mol. The van der Waals surface area contributed by atoms with Gasteiger partial charge < -0.3 is 10.3 Å². The average molecular weight is 242 g/mol. The highest BCUT2D eigenvalue weighted by Crippen LogP contribution is 2.19. The summed E-state index contributed by atoms with van der Waals surface area (Å²) in [5, 5.41) is 2.98. The smallest absolute Gasteiger partial charge is 0.228 e. The minimum absolute atomic E-state index is 0.0198. The Kier molecular flexibility index (Phi) is 3.51. The summed E-state index contributed by atoms with van der Waals surface area (Å²) in [6.07, 6.45) is 2.28. The molecule has 0 aliphatic carbocycles. The quantitative estimate of drug-likeness (QED) is 0.853. The second kappa shape index (κ2) is 5.08. The molecule has 1 amide bonds. The average Bonchev–Trinajstić information content (AvgIpc) is 2.69. The van der Waals surface area contributed by atoms with Crippen LogP contribution in [0.5, 0.6) is 0 Å². The van der Waals surface area contributed by atoms with E-state index in [1.165, 1.54) is 0 Å². The molecule has 0 atom stereocenters. The summed E-state index contributed by atoms with van der Waals surface area (Å²) in [4.78, 5) is 15.1. The Labute approximate surface area is 107 Å². The fraction of sp³-hybridized carbons (Fsp3) is 0.267. The number of anilines is 1. The normalized spacial score (nSPS) is 10.4. The topological polar surface area (TPSA) is 44.9 Å². The van der Waals surface area contributed by atoms with Gasteiger partial charge in [0.25, 0.3) is 0 Å². The maximum atomic E-state index is 12.0. The van der Waals surface area contributed by atoms with Gasteiger partial charge in [0.05, 0.1) is 6.42 Å². The van der Waals surface area contributed by atoms with Gasteiger partial charge >= 0.3 is 0 Å². The number of hydrogen-bond donors (Lipinski definition) is 2. The number of carbonyl (C=O) groups excluding carboxylic acids is 1. The zero-order valence-electron chi connectivity index (χ0n) is 11.0. The summed E-state index contributed by atoms with van der Waals surface area (Å²) in [6.45, 7) is 5.99. The van der Waals surface area contributed by atoms with Crippen LogP contribution >= 0.6 is 0 Å². The van der Waals surface area contributed by atoms with E-state index in [-0.39, 0.29) is 5.91 Å². The number of rotatable bonds is 3. The van der Waals surface area contributed by atoms with Crippen molar-refractivity contribution in [1.29, 1.82) is 0 Å². The molecule has 0 spiro atoms. The van der Waals surface area contributed by atoms with Gasteiger partial charge in [0.15, 0.2) is 0 Å². The van der Waals surface area contributed by atoms with Crippen LogP contribution in [-0.2, 0) is 11.2 Å². The number of amides is 1. The number of hydrogen-bond acceptors (Lipinski definition) is 1. The van der Waals surface area contributed by atoms with E-state index in [0.29, 0.717) is 6.42 Å². The summed E-state index contributed by atoms with van der Waals surface area (Å²) in [6, 6.07) is 7.99. The fourth-order valence-electron chi connectivity index (χ4n) is 2.05. The van der Waals surface area contributed by atoms with Crippen molar-refractivity contribution in [2.75, 3.05) is 5.32 Å². The van der Waals surface area contributed by atoms with Gasteiger partial charge in [-0.05, 0) is 43.5 Å². The number of para-hydroxylation sites is 1. The number of carbonyl (C=O) groups is 1. The van der Waals surface area contributed by atoms with E-state index in [2.05, 4.69) is 10.3 Å². The van der Waals surface area contributed by atoms with Crippen molar-refractivity contribution in [3.8, 4) is 0 Å². The Bertz CT molecular complexity index is 549. The molecule has 2 N–H and O–H groups in total. The molecule has 1 aromatic carbocycles. The zero-order valence-corrected chi connectivity index (χ0v) is 11.0. The second-order valence-corrected chi connectivity index (χ2v) is 4.68. The second-order valence-electron chi connectivity index (χ2n) is 4.68. The maximum Gasteiger partial charge on any atom is 0.228 e. The molecule has 2 aromatic rings. The number of aromatic nitrogens is 1. The predicted octanol–water partition coefficient (Wildman–Crippen LogP) is 3.12. The van der Waals surface area contributed by atoms with Gasteiger partial charge in [-0.3, -0.25) is 4.79 Å². The van der Waals surface area contributed by atoms with Gasteiger partial charge in [0.1, 0.15) is 0 Å². The maximum absolute atomic E-state index is 12.0. The van der Waals surface area contributed by atoms with E-state index in [0.717, 1.165) is 28.1 Å². The Balaban J connectivity index is 2.08. The van der Waals surface area contributed by atoms with Crippen LogP contribution in [0.25, 0.3) is 0 Å². The largest absolute Gasteiger partial charge is 0.365 e. The Hall–Kier alpha value is -2.03. The molecule has 0 radical (unpaired) electrons. The number of benzene rings is 1. The highest BCUT2D eigenvalue weighted by Gasteiger charge is 2.08. The SMILES string of the molecule is Cc1cc(CC(=O)Nc2c(C)cccc2C)c[nH]1. The van der Waals surface area contributed by atoms with Gasteiger partial charge in [0.2, 0.25) is 5.91 Å². The monoisotopic (exact) mass is 242 g/mol. The van der Waals surface area contributed by atoms with E-state index in [1.54, 1.807) is 0 Å². The minimum atomic E-state index is 0.0198. The van der Waals surface area contributed by atoms with Gasteiger partial charge in [0, 0.05) is 17.6 Å². The molecule has 94 valence electrons. The Morgan fingerprint density at radius 3 is 2.44 bits per heavy atom. The van der Waals surface area contributed by atoms with Crippen molar-refractivity contribution < 1.29 is 4.79 Å². The first-order valence-electron chi connectivity index (χ1n) is 6.06. The van der Waals surface area contributed by atoms with Crippen LogP contribution < -0.4 is 5.32 Å². The molecule has 0 fully saturated rings. The van der Waals surface area contributed by atoms with E-state index >= 15 is 0 Å². The summed E-state index contributed by atoms with van der Waals surface area (Å²) in [5.41, 5.74) is 5.19. The number of aryl methyl sites for hydroxylation is 3. The van der Waals surface area contributed by atoms with Crippen molar-refractivity contribution in [3.05, 3.63) is 52.8 Å². The summed E-state index contributed by atoms with van der Waals surface area (Å²) < 4.78 is 0. The van der Waals surface area contributed by atoms with Crippen molar-refractivity contribution in [2.24, 2.45) is 0 Å². The first kappa shape index (κ1) is 12.4. The molecule has 1 heterocycles. The molecule has 2 rings (SSSR count). The molecule has 3 nitrogen and oxygen atoms in total. The molecule has 3 heteroatoms. The van der Waals surface area contributed by atoms with Crippen LogP contribution in [0.1, 0.15) is 22.4 Å². The number of H-pyrrole nitrogens is 1. The standard InChI is InChI=1S/C15H18N2O/c1-10-5-4-6-11(2)15(10)17-14(18)8-13-7-12(3)16-9-13/h4-7,9,16H,8H2,1-3H3,(H,17,18). The molecule has 0 aliphatic heterocycles. The third kappa shape index (κ3) is 2.80. The van der Waals surface area contributed by atoms with Crippen LogP contribution in [0.3, 0.4) is 0 Å². The molecule has 0 bridgehead atoms. The third-order valence-corrected chi connectivity index (χ3v) is 3.00. The Morgan fingerprint density at radius 1 is 1.22 bits per heavy atom. The molecule has 0 saturated carbocycles. The van der Waals surface area contributed by atoms with Crippen LogP contribution in [-0.4, -0.2) is 10.9 Å². The lowest BCUT2D eigenvalue weighted by Gasteiger charge is -2.10. The molecule has 18 heavy (non-hydrogen) atoms. The Morgan fingerprint density at radius 2 is 1.89 bits per heavy atom. The van der Waals surface area contributed by atoms with E-state index in [1.807, 2.05) is 51.2 Å². The third-order valence-electron chi connectivity index (χ3n) is 3.00. The highest BCUT2D eigenvalue weighted by atomic mass is 16.1. The lowest BCUT2D eigenvalue weighted by Crippen LogP contribution is -2.15. The summed E-state index contributed by atoms with van der Waals surface area (Å²) in [7, 11) is 0. The van der Waals surface area contributed by atoms with Crippen molar-refractivity contribution in [1.82, 2.24) is 4.98 Å².